The average Bonchev–Trinajstić information content (AvgIpc) is 2.86. The second-order valence-electron chi connectivity index (χ2n) is 9.38. The lowest BCUT2D eigenvalue weighted by atomic mass is 10.0. The largest absolute Gasteiger partial charge is 0.462 e. The molecule has 1 aromatic carbocycles. The van der Waals surface area contributed by atoms with Crippen molar-refractivity contribution < 1.29 is 41.0 Å². The number of benzene rings is 1. The smallest absolute Gasteiger partial charge is 0.325 e. The molecule has 0 saturated heterocycles. The van der Waals surface area contributed by atoms with Crippen LogP contribution in [0.2, 0.25) is 0 Å². The minimum absolute atomic E-state index is 0.176. The maximum atomic E-state index is 14.0. The predicted molar refractivity (Wildman–Crippen MR) is 146 cm³/mol. The Morgan fingerprint density at radius 2 is 1.34 bits per heavy atom. The number of esters is 1. The first kappa shape index (κ1) is 34.6. The predicted octanol–water partition coefficient (Wildman–Crippen LogP) is 8.67. The monoisotopic (exact) mass is 602 g/mol. The minimum Gasteiger partial charge on any atom is -0.462 e. The van der Waals surface area contributed by atoms with Crippen LogP contribution < -0.4 is 4.74 Å². The summed E-state index contributed by atoms with van der Waals surface area (Å²) in [7, 11) is 0. The molecule has 0 amide bonds. The van der Waals surface area contributed by atoms with Crippen molar-refractivity contribution in [1.82, 2.24) is 0 Å². The number of unbranched alkanes of at least 4 members (excludes halogenated alkanes) is 9. The molecule has 0 bridgehead atoms. The molecule has 0 aromatic heterocycles. The van der Waals surface area contributed by atoms with Gasteiger partial charge in [-0.05, 0) is 26.0 Å². The van der Waals surface area contributed by atoms with Crippen LogP contribution in [0.25, 0.3) is 0 Å². The Kier molecular flexibility index (Phi) is 16.4. The van der Waals surface area contributed by atoms with E-state index in [2.05, 4.69) is 11.7 Å². The van der Waals surface area contributed by atoms with Crippen LogP contribution in [0.1, 0.15) is 91.4 Å². The summed E-state index contributed by atoms with van der Waals surface area (Å²) in [4.78, 5) is 23.6. The highest BCUT2D eigenvalue weighted by Gasteiger charge is 2.35. The summed E-state index contributed by atoms with van der Waals surface area (Å²) >= 11 is 7.50. The minimum atomic E-state index is -2.37. The first-order valence-corrected chi connectivity index (χ1v) is 14.9. The SMILES string of the molecule is CCCCCCCCCCCCSC(=S)SC(CC(C)(C)OC=O)C(=O)Oc1c(F)c(F)c(F)c(F)c1F. The fourth-order valence-electron chi connectivity index (χ4n) is 3.53. The maximum absolute atomic E-state index is 14.0. The fourth-order valence-corrected chi connectivity index (χ4v) is 6.38. The number of thioether (sulfide) groups is 2. The van der Waals surface area contributed by atoms with Gasteiger partial charge in [0, 0.05) is 6.42 Å². The van der Waals surface area contributed by atoms with Crippen LogP contribution in [0.3, 0.4) is 0 Å². The molecule has 0 spiro atoms. The van der Waals surface area contributed by atoms with E-state index in [-0.39, 0.29) is 12.9 Å². The van der Waals surface area contributed by atoms with Gasteiger partial charge in [-0.3, -0.25) is 9.59 Å². The van der Waals surface area contributed by atoms with Crippen LogP contribution in [0.4, 0.5) is 22.0 Å². The third-order valence-corrected chi connectivity index (χ3v) is 8.48. The zero-order valence-electron chi connectivity index (χ0n) is 21.9. The second-order valence-corrected chi connectivity index (χ2v) is 12.9. The van der Waals surface area contributed by atoms with Gasteiger partial charge in [-0.25, -0.2) is 13.2 Å². The van der Waals surface area contributed by atoms with Gasteiger partial charge in [0.05, 0.1) is 0 Å². The summed E-state index contributed by atoms with van der Waals surface area (Å²) in [6, 6.07) is 0. The van der Waals surface area contributed by atoms with Gasteiger partial charge in [0.15, 0.2) is 0 Å². The number of hydrogen-bond donors (Lipinski definition) is 0. The molecule has 0 fully saturated rings. The Hall–Kier alpha value is -1.40. The molecule has 0 saturated carbocycles. The molecule has 4 nitrogen and oxygen atoms in total. The summed E-state index contributed by atoms with van der Waals surface area (Å²) in [6.07, 6.45) is 11.6. The zero-order chi connectivity index (χ0) is 28.7. The molecule has 1 atom stereocenters. The van der Waals surface area contributed by atoms with E-state index in [4.69, 9.17) is 17.0 Å². The first-order valence-electron chi connectivity index (χ1n) is 12.6. The maximum Gasteiger partial charge on any atom is 0.325 e. The molecule has 0 heterocycles. The molecule has 12 heteroatoms. The van der Waals surface area contributed by atoms with Crippen molar-refractivity contribution in [3.8, 4) is 5.75 Å². The van der Waals surface area contributed by atoms with Gasteiger partial charge in [-0.2, -0.15) is 8.78 Å². The molecule has 0 N–H and O–H groups in total. The molecule has 0 radical (unpaired) electrons. The number of ether oxygens (including phenoxy) is 2. The van der Waals surface area contributed by atoms with Gasteiger partial charge >= 0.3 is 5.97 Å². The van der Waals surface area contributed by atoms with E-state index >= 15 is 0 Å². The molecule has 1 aromatic rings. The second kappa shape index (κ2) is 18.0. The third-order valence-electron chi connectivity index (χ3n) is 5.64. The van der Waals surface area contributed by atoms with E-state index in [1.54, 1.807) is 0 Å². The number of hydrogen-bond acceptors (Lipinski definition) is 7. The summed E-state index contributed by atoms with van der Waals surface area (Å²) < 4.78 is 78.3. The van der Waals surface area contributed by atoms with Crippen LogP contribution in [0, 0.1) is 29.1 Å². The van der Waals surface area contributed by atoms with E-state index < -0.39 is 51.7 Å². The molecule has 38 heavy (non-hydrogen) atoms. The quantitative estimate of drug-likeness (QED) is 0.0244. The fraction of sp³-hybridized carbons (Fsp3) is 0.654. The van der Waals surface area contributed by atoms with Crippen molar-refractivity contribution in [2.75, 3.05) is 5.75 Å². The Balaban J connectivity index is 2.68. The standard InChI is InChI=1S/C26H35F5O4S3/c1-4-5-6-7-8-9-10-11-12-13-14-37-25(36)38-17(15-26(2,3)34-16-32)24(33)35-23-21(30)19(28)18(27)20(29)22(23)31/h16-17H,4-15H2,1-3H3. The summed E-state index contributed by atoms with van der Waals surface area (Å²) in [5.41, 5.74) is -1.20. The molecule has 0 aliphatic heterocycles. The number of rotatable bonds is 18. The summed E-state index contributed by atoms with van der Waals surface area (Å²) in [6.45, 7) is 5.34. The van der Waals surface area contributed by atoms with Crippen molar-refractivity contribution in [3.05, 3.63) is 29.1 Å². The van der Waals surface area contributed by atoms with Gasteiger partial charge in [-0.1, -0.05) is 88.7 Å². The highest BCUT2D eigenvalue weighted by molar-refractivity contribution is 8.47. The van der Waals surface area contributed by atoms with Gasteiger partial charge < -0.3 is 9.47 Å². The third kappa shape index (κ3) is 12.2. The number of halogens is 5. The number of thiocarbonyl (C=S) groups is 1. The molecule has 216 valence electrons. The van der Waals surface area contributed by atoms with E-state index in [1.165, 1.54) is 70.6 Å². The van der Waals surface area contributed by atoms with Gasteiger partial charge in [0.2, 0.25) is 34.8 Å². The van der Waals surface area contributed by atoms with Crippen LogP contribution in [-0.2, 0) is 14.3 Å². The summed E-state index contributed by atoms with van der Waals surface area (Å²) in [5, 5.41) is -1.24. The van der Waals surface area contributed by atoms with Gasteiger partial charge in [0.1, 0.15) is 14.4 Å². The normalized spacial score (nSPS) is 12.3. The van der Waals surface area contributed by atoms with Crippen molar-refractivity contribution in [2.45, 2.75) is 102 Å². The highest BCUT2D eigenvalue weighted by Crippen LogP contribution is 2.34. The summed E-state index contributed by atoms with van der Waals surface area (Å²) in [5.74, 6) is -13.7. The van der Waals surface area contributed by atoms with E-state index in [0.29, 0.717) is 9.28 Å². The number of carbonyl (C=O) groups is 2. The molecular formula is C26H35F5O4S3. The molecule has 0 aliphatic carbocycles. The Bertz CT molecular complexity index is 902. The molecular weight excluding hydrogens is 567 g/mol. The lowest BCUT2D eigenvalue weighted by Gasteiger charge is -2.26. The Labute approximate surface area is 235 Å². The lowest BCUT2D eigenvalue weighted by Crippen LogP contribution is -2.35. The molecule has 0 aliphatic rings. The lowest BCUT2D eigenvalue weighted by molar-refractivity contribution is -0.144. The van der Waals surface area contributed by atoms with E-state index in [1.807, 2.05) is 0 Å². The van der Waals surface area contributed by atoms with E-state index in [0.717, 1.165) is 31.0 Å². The van der Waals surface area contributed by atoms with Gasteiger partial charge in [0.25, 0.3) is 6.47 Å². The van der Waals surface area contributed by atoms with Gasteiger partial charge in [-0.15, -0.1) is 11.8 Å². The molecule has 1 rings (SSSR count). The van der Waals surface area contributed by atoms with Crippen molar-refractivity contribution in [3.63, 3.8) is 0 Å². The zero-order valence-corrected chi connectivity index (χ0v) is 24.3. The number of carbonyl (C=O) groups excluding carboxylic acids is 2. The Morgan fingerprint density at radius 1 is 0.868 bits per heavy atom. The van der Waals surface area contributed by atoms with Crippen molar-refractivity contribution in [1.29, 1.82) is 0 Å². The first-order chi connectivity index (χ1) is 17.9. The van der Waals surface area contributed by atoms with Crippen LogP contribution >= 0.6 is 35.7 Å². The van der Waals surface area contributed by atoms with Crippen LogP contribution in [0.15, 0.2) is 0 Å². The van der Waals surface area contributed by atoms with Crippen LogP contribution in [-0.4, -0.2) is 32.6 Å². The average molecular weight is 603 g/mol. The Morgan fingerprint density at radius 3 is 1.84 bits per heavy atom. The molecule has 1 unspecified atom stereocenters. The van der Waals surface area contributed by atoms with Crippen molar-refractivity contribution in [2.24, 2.45) is 0 Å². The van der Waals surface area contributed by atoms with Crippen molar-refractivity contribution >= 4 is 51.7 Å². The van der Waals surface area contributed by atoms with E-state index in [9.17, 15) is 31.5 Å². The van der Waals surface area contributed by atoms with Crippen LogP contribution in [0.5, 0.6) is 5.75 Å². The highest BCUT2D eigenvalue weighted by atomic mass is 32.2. The topological polar surface area (TPSA) is 52.6 Å².